The Labute approximate surface area is 235 Å². The number of phenolic OH excluding ortho intramolecular Hbond substituents is 1. The summed E-state index contributed by atoms with van der Waals surface area (Å²) < 4.78 is 8.41. The van der Waals surface area contributed by atoms with Crippen molar-refractivity contribution < 1.29 is 9.84 Å². The SMILES string of the molecule is COc1ccc(-c2nc3ccc(N)c(I)c3s2)cc1.Cc1c(O)ccc2nc(-c3ccc(N)cc3)sc12. The maximum Gasteiger partial charge on any atom is 0.124 e. The normalized spacial score (nSPS) is 10.9. The average Bonchev–Trinajstić information content (AvgIpc) is 3.55. The zero-order valence-corrected chi connectivity index (χ0v) is 23.8. The lowest BCUT2D eigenvalue weighted by Crippen LogP contribution is -1.87. The summed E-state index contributed by atoms with van der Waals surface area (Å²) in [7, 11) is 1.66. The molecule has 186 valence electrons. The number of nitrogens with zero attached hydrogens (tertiary/aromatic N) is 2. The molecular weight excluding hydrogens is 615 g/mol. The van der Waals surface area contributed by atoms with Crippen LogP contribution in [0.5, 0.6) is 11.5 Å². The number of nitrogen functional groups attached to an aromatic ring is 2. The lowest BCUT2D eigenvalue weighted by Gasteiger charge is -1.99. The van der Waals surface area contributed by atoms with Crippen molar-refractivity contribution >= 4 is 77.1 Å². The molecular formula is C28H23IN4O2S2. The molecule has 6 aromatic rings. The van der Waals surface area contributed by atoms with E-state index in [1.807, 2.05) is 73.7 Å². The third-order valence-electron chi connectivity index (χ3n) is 5.80. The lowest BCUT2D eigenvalue weighted by molar-refractivity contribution is 0.415. The molecule has 0 amide bonds. The van der Waals surface area contributed by atoms with Crippen LogP contribution in [0.15, 0.2) is 72.8 Å². The Hall–Kier alpha value is -3.41. The largest absolute Gasteiger partial charge is 0.508 e. The van der Waals surface area contributed by atoms with Crippen molar-refractivity contribution in [1.29, 1.82) is 0 Å². The summed E-state index contributed by atoms with van der Waals surface area (Å²) >= 11 is 5.52. The second kappa shape index (κ2) is 10.5. The Balaban J connectivity index is 0.000000152. The maximum atomic E-state index is 9.70. The van der Waals surface area contributed by atoms with Crippen LogP contribution in [0.2, 0.25) is 0 Å². The Morgan fingerprint density at radius 1 is 0.757 bits per heavy atom. The van der Waals surface area contributed by atoms with E-state index in [-0.39, 0.29) is 0 Å². The summed E-state index contributed by atoms with van der Waals surface area (Å²) in [6.07, 6.45) is 0. The number of aromatic hydroxyl groups is 1. The van der Waals surface area contributed by atoms with Crippen molar-refractivity contribution in [1.82, 2.24) is 9.97 Å². The number of anilines is 2. The van der Waals surface area contributed by atoms with E-state index >= 15 is 0 Å². The number of phenols is 1. The molecule has 0 bridgehead atoms. The van der Waals surface area contributed by atoms with Crippen LogP contribution in [0.4, 0.5) is 11.4 Å². The van der Waals surface area contributed by atoms with E-state index in [2.05, 4.69) is 32.6 Å². The van der Waals surface area contributed by atoms with Crippen molar-refractivity contribution in [3.8, 4) is 32.6 Å². The Bertz CT molecular complexity index is 1710. The number of methoxy groups -OCH3 is 1. The third kappa shape index (κ3) is 5.20. The van der Waals surface area contributed by atoms with Crippen LogP contribution >= 0.6 is 45.3 Å². The number of aryl methyl sites for hydroxylation is 1. The van der Waals surface area contributed by atoms with Gasteiger partial charge in [0, 0.05) is 28.1 Å². The van der Waals surface area contributed by atoms with Crippen LogP contribution in [0.1, 0.15) is 5.56 Å². The molecule has 0 atom stereocenters. The van der Waals surface area contributed by atoms with Crippen LogP contribution in [-0.2, 0) is 0 Å². The molecule has 2 aromatic heterocycles. The summed E-state index contributed by atoms with van der Waals surface area (Å²) in [5, 5.41) is 11.6. The minimum atomic E-state index is 0.315. The van der Waals surface area contributed by atoms with Gasteiger partial charge in [-0.05, 0) is 102 Å². The second-order valence-corrected chi connectivity index (χ2v) is 11.3. The van der Waals surface area contributed by atoms with Gasteiger partial charge in [-0.3, -0.25) is 0 Å². The van der Waals surface area contributed by atoms with E-state index in [1.165, 1.54) is 0 Å². The van der Waals surface area contributed by atoms with Crippen LogP contribution in [0, 0.1) is 10.5 Å². The van der Waals surface area contributed by atoms with Gasteiger partial charge in [0.1, 0.15) is 21.5 Å². The second-order valence-electron chi connectivity index (χ2n) is 8.26. The van der Waals surface area contributed by atoms with Gasteiger partial charge in [0.2, 0.25) is 0 Å². The number of aromatic nitrogens is 2. The molecule has 6 nitrogen and oxygen atoms in total. The minimum absolute atomic E-state index is 0.315. The van der Waals surface area contributed by atoms with Gasteiger partial charge < -0.3 is 21.3 Å². The van der Waals surface area contributed by atoms with Gasteiger partial charge in [0.25, 0.3) is 0 Å². The van der Waals surface area contributed by atoms with Crippen LogP contribution in [0.3, 0.4) is 0 Å². The Morgan fingerprint density at radius 3 is 1.92 bits per heavy atom. The fourth-order valence-corrected chi connectivity index (χ4v) is 6.56. The molecule has 0 aliphatic heterocycles. The average molecular weight is 639 g/mol. The fraction of sp³-hybridized carbons (Fsp3) is 0.0714. The topological polar surface area (TPSA) is 107 Å². The number of hydrogen-bond donors (Lipinski definition) is 3. The Morgan fingerprint density at radius 2 is 1.30 bits per heavy atom. The molecule has 0 fully saturated rings. The summed E-state index contributed by atoms with van der Waals surface area (Å²) in [6.45, 7) is 1.91. The maximum absolute atomic E-state index is 9.70. The van der Waals surface area contributed by atoms with Crippen LogP contribution in [0.25, 0.3) is 41.6 Å². The number of benzene rings is 4. The number of nitrogens with two attached hydrogens (primary N) is 2. The smallest absolute Gasteiger partial charge is 0.124 e. The van der Waals surface area contributed by atoms with Crippen molar-refractivity contribution in [2.75, 3.05) is 18.6 Å². The van der Waals surface area contributed by atoms with E-state index in [0.29, 0.717) is 5.75 Å². The van der Waals surface area contributed by atoms with Crippen molar-refractivity contribution in [3.05, 3.63) is 81.9 Å². The molecule has 0 spiro atoms. The monoisotopic (exact) mass is 638 g/mol. The van der Waals surface area contributed by atoms with E-state index in [4.69, 9.17) is 16.2 Å². The minimum Gasteiger partial charge on any atom is -0.508 e. The number of ether oxygens (including phenoxy) is 1. The van der Waals surface area contributed by atoms with E-state index in [9.17, 15) is 5.11 Å². The number of thiazole rings is 2. The van der Waals surface area contributed by atoms with Gasteiger partial charge in [0.15, 0.2) is 0 Å². The van der Waals surface area contributed by atoms with Crippen LogP contribution < -0.4 is 16.2 Å². The van der Waals surface area contributed by atoms with Gasteiger partial charge in [-0.2, -0.15) is 0 Å². The zero-order valence-electron chi connectivity index (χ0n) is 20.0. The van der Waals surface area contributed by atoms with E-state index < -0.39 is 0 Å². The van der Waals surface area contributed by atoms with Crippen molar-refractivity contribution in [2.24, 2.45) is 0 Å². The first kappa shape index (κ1) is 25.2. The van der Waals surface area contributed by atoms with Gasteiger partial charge in [-0.1, -0.05) is 0 Å². The molecule has 0 unspecified atom stereocenters. The first-order chi connectivity index (χ1) is 17.8. The van der Waals surface area contributed by atoms with Gasteiger partial charge in [0.05, 0.1) is 31.1 Å². The summed E-state index contributed by atoms with van der Waals surface area (Å²) in [6, 6.07) is 23.0. The predicted molar refractivity (Wildman–Crippen MR) is 165 cm³/mol. The summed E-state index contributed by atoms with van der Waals surface area (Å²) in [4.78, 5) is 9.24. The van der Waals surface area contributed by atoms with Gasteiger partial charge in [-0.15, -0.1) is 22.7 Å². The van der Waals surface area contributed by atoms with Crippen molar-refractivity contribution in [2.45, 2.75) is 6.92 Å². The van der Waals surface area contributed by atoms with Crippen LogP contribution in [-0.4, -0.2) is 22.2 Å². The molecule has 0 radical (unpaired) electrons. The zero-order chi connectivity index (χ0) is 26.1. The molecule has 4 aromatic carbocycles. The first-order valence-corrected chi connectivity index (χ1v) is 14.0. The summed E-state index contributed by atoms with van der Waals surface area (Å²) in [5.41, 5.74) is 18.1. The first-order valence-electron chi connectivity index (χ1n) is 11.3. The fourth-order valence-electron chi connectivity index (χ4n) is 3.69. The highest BCUT2D eigenvalue weighted by Gasteiger charge is 2.11. The molecule has 0 aliphatic rings. The molecule has 9 heteroatoms. The van der Waals surface area contributed by atoms with E-state index in [0.717, 1.165) is 67.8 Å². The quantitative estimate of drug-likeness (QED) is 0.135. The van der Waals surface area contributed by atoms with Gasteiger partial charge >= 0.3 is 0 Å². The van der Waals surface area contributed by atoms with E-state index in [1.54, 1.807) is 35.8 Å². The van der Waals surface area contributed by atoms with Crippen molar-refractivity contribution in [3.63, 3.8) is 0 Å². The highest BCUT2D eigenvalue weighted by molar-refractivity contribution is 14.1. The lowest BCUT2D eigenvalue weighted by atomic mass is 10.2. The molecule has 0 aliphatic carbocycles. The third-order valence-corrected chi connectivity index (χ3v) is 9.70. The highest BCUT2D eigenvalue weighted by Crippen LogP contribution is 2.36. The molecule has 2 heterocycles. The number of halogens is 1. The molecule has 5 N–H and O–H groups in total. The summed E-state index contributed by atoms with van der Waals surface area (Å²) in [5.74, 6) is 1.17. The highest BCUT2D eigenvalue weighted by atomic mass is 127. The molecule has 0 saturated carbocycles. The number of rotatable bonds is 3. The molecule has 0 saturated heterocycles. The molecule has 6 rings (SSSR count). The molecule has 37 heavy (non-hydrogen) atoms. The number of fused-ring (bicyclic) bond motifs is 2. The van der Waals surface area contributed by atoms with Gasteiger partial charge in [-0.25, -0.2) is 9.97 Å². The number of hydrogen-bond acceptors (Lipinski definition) is 8. The standard InChI is InChI=1S/C14H11IN2OS.C14H12N2OS/c1-18-9-4-2-8(3-5-9)14-17-11-7-6-10(16)12(15)13(11)19-14;1-8-12(17)7-6-11-13(8)18-14(16-11)9-2-4-10(15)5-3-9/h2-7H,16H2,1H3;2-7,17H,15H2,1H3. The predicted octanol–water partition coefficient (Wildman–Crippen LogP) is 7.72. The Kier molecular flexibility index (Phi) is 7.18.